The summed E-state index contributed by atoms with van der Waals surface area (Å²) in [6, 6.07) is 26.8. The lowest BCUT2D eigenvalue weighted by Gasteiger charge is -2.02. The van der Waals surface area contributed by atoms with Crippen LogP contribution in [-0.4, -0.2) is 32.4 Å². The van der Waals surface area contributed by atoms with Crippen LogP contribution < -0.4 is 9.47 Å². The van der Waals surface area contributed by atoms with Crippen molar-refractivity contribution in [1.29, 1.82) is 0 Å². The summed E-state index contributed by atoms with van der Waals surface area (Å²) in [6.07, 6.45) is 3.56. The van der Waals surface area contributed by atoms with Crippen molar-refractivity contribution in [3.05, 3.63) is 107 Å². The average Bonchev–Trinajstić information content (AvgIpc) is 3.17. The number of benzene rings is 4. The van der Waals surface area contributed by atoms with Crippen molar-refractivity contribution < 1.29 is 14.3 Å². The number of ether oxygens (including phenoxy) is 2. The Kier molecular flexibility index (Phi) is 5.75. The first-order valence-corrected chi connectivity index (χ1v) is 10.8. The van der Waals surface area contributed by atoms with Gasteiger partial charge in [-0.25, -0.2) is 0 Å². The Morgan fingerprint density at radius 3 is 1.35 bits per heavy atom. The van der Waals surface area contributed by atoms with Crippen LogP contribution in [0.4, 0.5) is 11.4 Å². The fourth-order valence-electron chi connectivity index (χ4n) is 3.89. The number of hydrogen-bond donors (Lipinski definition) is 0. The van der Waals surface area contributed by atoms with E-state index in [1.165, 1.54) is 0 Å². The van der Waals surface area contributed by atoms with E-state index >= 15 is 0 Å². The van der Waals surface area contributed by atoms with Gasteiger partial charge in [0.1, 0.15) is 11.5 Å². The molecule has 0 radical (unpaired) electrons. The topological polar surface area (TPSA) is 60.2 Å². The number of methoxy groups -OCH3 is 2. The second-order valence-electron chi connectivity index (χ2n) is 7.85. The van der Waals surface area contributed by atoms with E-state index in [1.54, 1.807) is 26.6 Å². The van der Waals surface area contributed by atoms with E-state index in [0.717, 1.165) is 45.1 Å². The fourth-order valence-corrected chi connectivity index (χ4v) is 3.89. The van der Waals surface area contributed by atoms with Gasteiger partial charge >= 0.3 is 0 Å². The Morgan fingerprint density at radius 1 is 0.559 bits per heavy atom. The van der Waals surface area contributed by atoms with Gasteiger partial charge in [-0.05, 0) is 95.1 Å². The van der Waals surface area contributed by atoms with Gasteiger partial charge in [-0.15, -0.1) is 0 Å². The van der Waals surface area contributed by atoms with Crippen molar-refractivity contribution in [2.45, 2.75) is 0 Å². The standard InChI is InChI=1S/C29H22N2O3/c1-33-23-9-3-19(4-10-23)17-30-21-7-13-25-26-14-8-22(16-28(26)29(32)27(25)15-21)31-18-20-5-11-24(34-2)12-6-20/h3-18H,1-2H3. The molecule has 0 aliphatic heterocycles. The molecule has 0 spiro atoms. The maximum atomic E-state index is 13.2. The first-order valence-electron chi connectivity index (χ1n) is 10.8. The highest BCUT2D eigenvalue weighted by molar-refractivity contribution is 6.22. The SMILES string of the molecule is COc1ccc(C=Nc2ccc3c(c2)C(=O)c2cc(N=Cc4ccc(OC)cc4)ccc2-3)cc1. The lowest BCUT2D eigenvalue weighted by atomic mass is 10.1. The molecule has 0 amide bonds. The van der Waals surface area contributed by atoms with E-state index in [9.17, 15) is 4.79 Å². The van der Waals surface area contributed by atoms with Crippen molar-refractivity contribution in [2.75, 3.05) is 14.2 Å². The number of hydrogen-bond acceptors (Lipinski definition) is 5. The van der Waals surface area contributed by atoms with Crippen LogP contribution in [0, 0.1) is 0 Å². The van der Waals surface area contributed by atoms with Gasteiger partial charge in [0.15, 0.2) is 5.78 Å². The van der Waals surface area contributed by atoms with Crippen molar-refractivity contribution in [1.82, 2.24) is 0 Å². The normalized spacial score (nSPS) is 12.2. The van der Waals surface area contributed by atoms with Crippen LogP contribution in [0.1, 0.15) is 27.0 Å². The van der Waals surface area contributed by atoms with Gasteiger partial charge in [0.25, 0.3) is 0 Å². The maximum Gasteiger partial charge on any atom is 0.194 e. The molecule has 0 fully saturated rings. The molecule has 0 bridgehead atoms. The number of carbonyl (C=O) groups excluding carboxylic acids is 1. The van der Waals surface area contributed by atoms with Gasteiger partial charge in [0, 0.05) is 23.6 Å². The molecule has 0 saturated carbocycles. The van der Waals surface area contributed by atoms with Crippen molar-refractivity contribution in [2.24, 2.45) is 9.98 Å². The molecule has 1 aliphatic carbocycles. The van der Waals surface area contributed by atoms with Crippen LogP contribution in [0.2, 0.25) is 0 Å². The van der Waals surface area contributed by atoms with Crippen LogP contribution in [-0.2, 0) is 0 Å². The van der Waals surface area contributed by atoms with Gasteiger partial charge in [0.2, 0.25) is 0 Å². The van der Waals surface area contributed by atoms with Crippen LogP contribution in [0.15, 0.2) is 94.9 Å². The third-order valence-corrected chi connectivity index (χ3v) is 5.74. The summed E-state index contributed by atoms with van der Waals surface area (Å²) >= 11 is 0. The summed E-state index contributed by atoms with van der Waals surface area (Å²) in [7, 11) is 3.28. The van der Waals surface area contributed by atoms with Crippen LogP contribution in [0.25, 0.3) is 11.1 Å². The number of ketones is 1. The smallest absolute Gasteiger partial charge is 0.194 e. The van der Waals surface area contributed by atoms with E-state index in [2.05, 4.69) is 9.98 Å². The zero-order chi connectivity index (χ0) is 23.5. The lowest BCUT2D eigenvalue weighted by molar-refractivity contribution is 0.104. The van der Waals surface area contributed by atoms with E-state index in [1.807, 2.05) is 84.9 Å². The highest BCUT2D eigenvalue weighted by Gasteiger charge is 2.27. The molecule has 0 unspecified atom stereocenters. The zero-order valence-corrected chi connectivity index (χ0v) is 18.9. The van der Waals surface area contributed by atoms with Gasteiger partial charge in [-0.1, -0.05) is 12.1 Å². The molecule has 166 valence electrons. The molecule has 0 atom stereocenters. The molecule has 5 nitrogen and oxygen atoms in total. The van der Waals surface area contributed by atoms with Gasteiger partial charge in [-0.2, -0.15) is 0 Å². The van der Waals surface area contributed by atoms with E-state index in [4.69, 9.17) is 9.47 Å². The lowest BCUT2D eigenvalue weighted by Crippen LogP contribution is -1.94. The zero-order valence-electron chi connectivity index (χ0n) is 18.9. The third-order valence-electron chi connectivity index (χ3n) is 5.74. The Bertz CT molecular complexity index is 1310. The van der Waals surface area contributed by atoms with Gasteiger partial charge in [-0.3, -0.25) is 14.8 Å². The van der Waals surface area contributed by atoms with Crippen molar-refractivity contribution in [3.63, 3.8) is 0 Å². The van der Waals surface area contributed by atoms with Crippen LogP contribution in [0.5, 0.6) is 11.5 Å². The Morgan fingerprint density at radius 2 is 0.971 bits per heavy atom. The minimum atomic E-state index is -0.00649. The number of rotatable bonds is 6. The summed E-state index contributed by atoms with van der Waals surface area (Å²) in [5.74, 6) is 1.59. The molecular formula is C29H22N2O3. The maximum absolute atomic E-state index is 13.2. The summed E-state index contributed by atoms with van der Waals surface area (Å²) in [5.41, 5.74) is 6.54. The van der Waals surface area contributed by atoms with E-state index < -0.39 is 0 Å². The summed E-state index contributed by atoms with van der Waals surface area (Å²) in [6.45, 7) is 0. The molecule has 34 heavy (non-hydrogen) atoms. The summed E-state index contributed by atoms with van der Waals surface area (Å²) in [4.78, 5) is 22.2. The second kappa shape index (κ2) is 9.16. The van der Waals surface area contributed by atoms with Gasteiger partial charge in [0.05, 0.1) is 25.6 Å². The minimum Gasteiger partial charge on any atom is -0.497 e. The van der Waals surface area contributed by atoms with Crippen molar-refractivity contribution in [3.8, 4) is 22.6 Å². The number of carbonyl (C=O) groups is 1. The summed E-state index contributed by atoms with van der Waals surface area (Å²) < 4.78 is 10.4. The third kappa shape index (κ3) is 4.24. The predicted molar refractivity (Wildman–Crippen MR) is 136 cm³/mol. The van der Waals surface area contributed by atoms with Crippen molar-refractivity contribution >= 4 is 29.6 Å². The van der Waals surface area contributed by atoms with Crippen LogP contribution in [0.3, 0.4) is 0 Å². The average molecular weight is 447 g/mol. The minimum absolute atomic E-state index is 0.00649. The Balaban J connectivity index is 1.36. The number of aliphatic imine (C=N–C) groups is 2. The highest BCUT2D eigenvalue weighted by Crippen LogP contribution is 2.40. The fraction of sp³-hybridized carbons (Fsp3) is 0.0690. The molecule has 0 N–H and O–H groups in total. The number of nitrogens with zero attached hydrogens (tertiary/aromatic N) is 2. The molecule has 0 saturated heterocycles. The predicted octanol–water partition coefficient (Wildman–Crippen LogP) is 6.42. The molecule has 4 aromatic rings. The Hall–Kier alpha value is -4.51. The van der Waals surface area contributed by atoms with E-state index in [-0.39, 0.29) is 5.78 Å². The molecule has 0 heterocycles. The highest BCUT2D eigenvalue weighted by atomic mass is 16.5. The first kappa shape index (κ1) is 21.3. The molecular weight excluding hydrogens is 424 g/mol. The van der Waals surface area contributed by atoms with Gasteiger partial charge < -0.3 is 9.47 Å². The molecule has 4 aromatic carbocycles. The monoisotopic (exact) mass is 446 g/mol. The number of fused-ring (bicyclic) bond motifs is 3. The van der Waals surface area contributed by atoms with Crippen LogP contribution >= 0.6 is 0 Å². The molecule has 0 aromatic heterocycles. The molecule has 1 aliphatic rings. The first-order chi connectivity index (χ1) is 16.6. The Labute approximate surface area is 198 Å². The quantitative estimate of drug-likeness (QED) is 0.283. The molecule has 5 heteroatoms. The molecule has 5 rings (SSSR count). The van der Waals surface area contributed by atoms with E-state index in [0.29, 0.717) is 11.1 Å². The largest absolute Gasteiger partial charge is 0.497 e. The second-order valence-corrected chi connectivity index (χ2v) is 7.85. The summed E-state index contributed by atoms with van der Waals surface area (Å²) in [5, 5.41) is 0.